The number of alkyl halides is 3. The van der Waals surface area contributed by atoms with Crippen molar-refractivity contribution in [2.75, 3.05) is 5.32 Å². The highest BCUT2D eigenvalue weighted by Gasteiger charge is 2.36. The van der Waals surface area contributed by atoms with Crippen molar-refractivity contribution in [3.05, 3.63) is 68.8 Å². The summed E-state index contributed by atoms with van der Waals surface area (Å²) in [5.41, 5.74) is 1.22. The predicted molar refractivity (Wildman–Crippen MR) is 115 cm³/mol. The topological polar surface area (TPSA) is 68.1 Å². The maximum atomic E-state index is 13.0. The zero-order valence-electron chi connectivity index (χ0n) is 14.9. The zero-order valence-corrected chi connectivity index (χ0v) is 18.0. The third kappa shape index (κ3) is 4.22. The second-order valence-corrected chi connectivity index (χ2v) is 9.32. The highest BCUT2D eigenvalue weighted by molar-refractivity contribution is 7.12. The molecule has 0 fully saturated rings. The number of hydrogen-bond donors (Lipinski definition) is 2. The van der Waals surface area contributed by atoms with Gasteiger partial charge < -0.3 is 10.6 Å². The van der Waals surface area contributed by atoms with Gasteiger partial charge in [0, 0.05) is 7.05 Å². The predicted octanol–water partition coefficient (Wildman–Crippen LogP) is 4.08. The number of thiophene rings is 1. The van der Waals surface area contributed by atoms with E-state index in [0.717, 1.165) is 0 Å². The van der Waals surface area contributed by atoms with Crippen LogP contribution in [-0.2, 0) is 7.05 Å². The highest BCUT2D eigenvalue weighted by atomic mass is 35.6. The van der Waals surface area contributed by atoms with Gasteiger partial charge in [-0.1, -0.05) is 59.1 Å². The molecule has 28 heavy (non-hydrogen) atoms. The smallest absolute Gasteiger partial charge is 0.295 e. The normalized spacial score (nSPS) is 12.6. The van der Waals surface area contributed by atoms with Crippen LogP contribution in [0.25, 0.3) is 5.69 Å². The summed E-state index contributed by atoms with van der Waals surface area (Å²) in [4.78, 5) is 25.9. The molecule has 148 valence electrons. The third-order valence-corrected chi connectivity index (χ3v) is 5.71. The summed E-state index contributed by atoms with van der Waals surface area (Å²) in [5, 5.41) is 7.31. The van der Waals surface area contributed by atoms with Crippen LogP contribution >= 0.6 is 46.1 Å². The van der Waals surface area contributed by atoms with Gasteiger partial charge >= 0.3 is 0 Å². The molecule has 0 aliphatic carbocycles. The summed E-state index contributed by atoms with van der Waals surface area (Å²) in [6.07, 6.45) is -1.12. The number of benzene rings is 1. The average Bonchev–Trinajstić information content (AvgIpc) is 3.25. The number of halogens is 3. The lowest BCUT2D eigenvalue weighted by Crippen LogP contribution is -2.49. The third-order valence-electron chi connectivity index (χ3n) is 4.19. The van der Waals surface area contributed by atoms with Crippen molar-refractivity contribution in [3.8, 4) is 5.69 Å². The fourth-order valence-corrected chi connectivity index (χ4v) is 3.64. The summed E-state index contributed by atoms with van der Waals surface area (Å²) in [7, 11) is 1.75. The van der Waals surface area contributed by atoms with E-state index in [1.54, 1.807) is 36.2 Å². The van der Waals surface area contributed by atoms with Crippen molar-refractivity contribution < 1.29 is 4.79 Å². The molecule has 2 N–H and O–H groups in total. The molecule has 0 aliphatic heterocycles. The van der Waals surface area contributed by atoms with Crippen LogP contribution in [-0.4, -0.2) is 25.2 Å². The van der Waals surface area contributed by atoms with Gasteiger partial charge in [0.15, 0.2) is 0 Å². The fourth-order valence-electron chi connectivity index (χ4n) is 2.69. The van der Waals surface area contributed by atoms with Crippen molar-refractivity contribution >= 4 is 57.7 Å². The number of amides is 1. The number of nitrogens with one attached hydrogen (secondary N) is 2. The Morgan fingerprint density at radius 2 is 1.82 bits per heavy atom. The molecule has 1 atom stereocenters. The van der Waals surface area contributed by atoms with Crippen LogP contribution in [0.2, 0.25) is 0 Å². The first kappa shape index (κ1) is 20.8. The van der Waals surface area contributed by atoms with Gasteiger partial charge in [-0.25, -0.2) is 4.68 Å². The molecule has 6 nitrogen and oxygen atoms in total. The van der Waals surface area contributed by atoms with Crippen molar-refractivity contribution in [3.63, 3.8) is 0 Å². The van der Waals surface area contributed by atoms with E-state index in [1.165, 1.54) is 16.0 Å². The summed E-state index contributed by atoms with van der Waals surface area (Å²) in [5.74, 6) is -0.407. The van der Waals surface area contributed by atoms with Gasteiger partial charge in [-0.3, -0.25) is 14.3 Å². The number of carbonyl (C=O) groups excluding carboxylic acids is 1. The number of rotatable bonds is 5. The summed E-state index contributed by atoms with van der Waals surface area (Å²) < 4.78 is 1.30. The van der Waals surface area contributed by atoms with E-state index in [9.17, 15) is 9.59 Å². The molecule has 10 heteroatoms. The Bertz CT molecular complexity index is 1020. The van der Waals surface area contributed by atoms with Crippen LogP contribution in [0, 0.1) is 6.92 Å². The van der Waals surface area contributed by atoms with Crippen LogP contribution in [0.15, 0.2) is 52.6 Å². The molecule has 0 saturated heterocycles. The largest absolute Gasteiger partial charge is 0.356 e. The first-order valence-corrected chi connectivity index (χ1v) is 10.2. The fraction of sp³-hybridized carbons (Fsp3) is 0.222. The van der Waals surface area contributed by atoms with Crippen LogP contribution in [0.1, 0.15) is 15.4 Å². The number of carbonyl (C=O) groups is 1. The molecule has 1 aromatic carbocycles. The molecule has 3 rings (SSSR count). The lowest BCUT2D eigenvalue weighted by Gasteiger charge is -2.26. The standard InChI is InChI=1S/C18H17Cl3N4O2S/c1-11-14(16(27)25(24(11)2)12-7-4-3-5-8-12)22-17(18(19,20)21)23-15(26)13-9-6-10-28-13/h3-10,17,22H,1-2H3,(H,23,26)/t17-/m0/s1. The molecule has 2 aromatic heterocycles. The molecule has 0 unspecified atom stereocenters. The SMILES string of the molecule is Cc1c(N[C@@H](NC(=O)c2cccs2)C(Cl)(Cl)Cl)c(=O)n(-c2ccccc2)n1C. The number of para-hydroxylation sites is 1. The summed E-state index contributed by atoms with van der Waals surface area (Å²) in [6, 6.07) is 12.6. The first-order chi connectivity index (χ1) is 13.2. The van der Waals surface area contributed by atoms with Gasteiger partial charge in [-0.2, -0.15) is 0 Å². The molecule has 0 bridgehead atoms. The van der Waals surface area contributed by atoms with Crippen LogP contribution in [0.4, 0.5) is 5.69 Å². The molecule has 3 aromatic rings. The Kier molecular flexibility index (Phi) is 6.09. The average molecular weight is 460 g/mol. The minimum Gasteiger partial charge on any atom is -0.356 e. The zero-order chi connectivity index (χ0) is 20.5. The Morgan fingerprint density at radius 1 is 1.14 bits per heavy atom. The van der Waals surface area contributed by atoms with Crippen LogP contribution in [0.3, 0.4) is 0 Å². The molecule has 2 heterocycles. The van der Waals surface area contributed by atoms with Crippen molar-refractivity contribution in [2.24, 2.45) is 7.05 Å². The summed E-state index contributed by atoms with van der Waals surface area (Å²) in [6.45, 7) is 1.76. The van der Waals surface area contributed by atoms with E-state index in [2.05, 4.69) is 10.6 Å². The van der Waals surface area contributed by atoms with Crippen LogP contribution in [0.5, 0.6) is 0 Å². The number of nitrogens with zero attached hydrogens (tertiary/aromatic N) is 2. The van der Waals surface area contributed by atoms with E-state index >= 15 is 0 Å². The first-order valence-electron chi connectivity index (χ1n) is 8.22. The van der Waals surface area contributed by atoms with Crippen molar-refractivity contribution in [1.82, 2.24) is 14.7 Å². The van der Waals surface area contributed by atoms with Gasteiger partial charge in [0.25, 0.3) is 11.5 Å². The van der Waals surface area contributed by atoms with Crippen LogP contribution < -0.4 is 16.2 Å². The van der Waals surface area contributed by atoms with Gasteiger partial charge in [0.05, 0.1) is 16.3 Å². The molecule has 0 spiro atoms. The Morgan fingerprint density at radius 3 is 2.39 bits per heavy atom. The molecular formula is C18H17Cl3N4O2S. The quantitative estimate of drug-likeness (QED) is 0.446. The van der Waals surface area contributed by atoms with Crippen molar-refractivity contribution in [2.45, 2.75) is 16.9 Å². The molecule has 0 saturated carbocycles. The minimum atomic E-state index is -1.89. The van der Waals surface area contributed by atoms with Gasteiger partial charge in [-0.05, 0) is 30.5 Å². The number of aromatic nitrogens is 2. The van der Waals surface area contributed by atoms with Gasteiger partial charge in [0.2, 0.25) is 3.79 Å². The Balaban J connectivity index is 1.96. The van der Waals surface area contributed by atoms with E-state index in [-0.39, 0.29) is 11.2 Å². The maximum Gasteiger partial charge on any atom is 0.295 e. The molecule has 0 radical (unpaired) electrons. The van der Waals surface area contributed by atoms with E-state index in [4.69, 9.17) is 34.8 Å². The Hall–Kier alpha value is -1.93. The van der Waals surface area contributed by atoms with Gasteiger partial charge in [0.1, 0.15) is 11.9 Å². The molecule has 0 aliphatic rings. The van der Waals surface area contributed by atoms with E-state index in [0.29, 0.717) is 16.3 Å². The molecular weight excluding hydrogens is 443 g/mol. The maximum absolute atomic E-state index is 13.0. The molecule has 1 amide bonds. The van der Waals surface area contributed by atoms with E-state index in [1.807, 2.05) is 30.3 Å². The second kappa shape index (κ2) is 8.21. The van der Waals surface area contributed by atoms with E-state index < -0.39 is 15.9 Å². The number of hydrogen-bond acceptors (Lipinski definition) is 4. The number of anilines is 1. The van der Waals surface area contributed by atoms with Crippen molar-refractivity contribution in [1.29, 1.82) is 0 Å². The second-order valence-electron chi connectivity index (χ2n) is 6.01. The minimum absolute atomic E-state index is 0.231. The lowest BCUT2D eigenvalue weighted by atomic mass is 10.3. The Labute approximate surface area is 180 Å². The lowest BCUT2D eigenvalue weighted by molar-refractivity contribution is 0.0946. The summed E-state index contributed by atoms with van der Waals surface area (Å²) >= 11 is 19.5. The van der Waals surface area contributed by atoms with Gasteiger partial charge in [-0.15, -0.1) is 11.3 Å². The monoisotopic (exact) mass is 458 g/mol. The highest BCUT2D eigenvalue weighted by Crippen LogP contribution is 2.31.